The van der Waals surface area contributed by atoms with E-state index >= 15 is 0 Å². The number of nitrogens with zero attached hydrogens (tertiary/aromatic N) is 2. The van der Waals surface area contributed by atoms with Gasteiger partial charge in [0.1, 0.15) is 0 Å². The fourth-order valence-corrected chi connectivity index (χ4v) is 3.12. The highest BCUT2D eigenvalue weighted by atomic mass is 16.2. The third-order valence-corrected chi connectivity index (χ3v) is 4.32. The summed E-state index contributed by atoms with van der Waals surface area (Å²) in [6, 6.07) is 0. The molecule has 5 nitrogen and oxygen atoms in total. The summed E-state index contributed by atoms with van der Waals surface area (Å²) in [5.41, 5.74) is 5.73. The van der Waals surface area contributed by atoms with Crippen molar-refractivity contribution in [1.82, 2.24) is 9.80 Å². The van der Waals surface area contributed by atoms with Crippen LogP contribution in [-0.2, 0) is 9.59 Å². The average Bonchev–Trinajstić information content (AvgIpc) is 2.86. The monoisotopic (exact) mass is 253 g/mol. The first kappa shape index (κ1) is 13.3. The zero-order chi connectivity index (χ0) is 13.1. The molecular formula is C13H23N3O2. The van der Waals surface area contributed by atoms with Gasteiger partial charge >= 0.3 is 0 Å². The molecule has 2 aliphatic rings. The van der Waals surface area contributed by atoms with Gasteiger partial charge in [-0.2, -0.15) is 0 Å². The smallest absolute Gasteiger partial charge is 0.226 e. The van der Waals surface area contributed by atoms with Gasteiger partial charge in [-0.25, -0.2) is 0 Å². The second-order valence-electron chi connectivity index (χ2n) is 5.36. The number of amides is 2. The van der Waals surface area contributed by atoms with Crippen LogP contribution in [-0.4, -0.2) is 54.3 Å². The summed E-state index contributed by atoms with van der Waals surface area (Å²) in [6.07, 6.45) is 3.18. The van der Waals surface area contributed by atoms with Gasteiger partial charge in [0.25, 0.3) is 0 Å². The molecule has 18 heavy (non-hydrogen) atoms. The van der Waals surface area contributed by atoms with Crippen LogP contribution in [0.4, 0.5) is 0 Å². The summed E-state index contributed by atoms with van der Waals surface area (Å²) in [5, 5.41) is 0. The van der Waals surface area contributed by atoms with E-state index in [1.807, 2.05) is 4.90 Å². The van der Waals surface area contributed by atoms with Gasteiger partial charge in [0.2, 0.25) is 11.8 Å². The predicted octanol–water partition coefficient (Wildman–Crippen LogP) is 0.0521. The van der Waals surface area contributed by atoms with E-state index in [2.05, 4.69) is 0 Å². The molecule has 102 valence electrons. The molecule has 1 heterocycles. The highest BCUT2D eigenvalue weighted by Crippen LogP contribution is 2.32. The molecule has 0 aromatic carbocycles. The molecule has 5 heteroatoms. The maximum absolute atomic E-state index is 12.4. The van der Waals surface area contributed by atoms with E-state index in [0.29, 0.717) is 38.6 Å². The molecule has 1 aliphatic heterocycles. The van der Waals surface area contributed by atoms with Gasteiger partial charge in [0.05, 0.1) is 0 Å². The van der Waals surface area contributed by atoms with Crippen LogP contribution < -0.4 is 5.73 Å². The van der Waals surface area contributed by atoms with Gasteiger partial charge < -0.3 is 15.5 Å². The lowest BCUT2D eigenvalue weighted by atomic mass is 9.94. The topological polar surface area (TPSA) is 66.6 Å². The SMILES string of the molecule is CC(=O)N1CCN(C(=O)C2CCCC2CN)CC1. The van der Waals surface area contributed by atoms with Crippen molar-refractivity contribution in [3.05, 3.63) is 0 Å². The molecule has 0 aromatic heterocycles. The maximum Gasteiger partial charge on any atom is 0.226 e. The average molecular weight is 253 g/mol. The van der Waals surface area contributed by atoms with E-state index in [4.69, 9.17) is 5.73 Å². The first-order valence-corrected chi connectivity index (χ1v) is 6.88. The van der Waals surface area contributed by atoms with Crippen LogP contribution in [0, 0.1) is 11.8 Å². The Morgan fingerprint density at radius 3 is 2.28 bits per heavy atom. The molecule has 1 saturated heterocycles. The Bertz CT molecular complexity index is 324. The Morgan fingerprint density at radius 1 is 1.11 bits per heavy atom. The third-order valence-electron chi connectivity index (χ3n) is 4.32. The number of nitrogens with two attached hydrogens (primary N) is 1. The van der Waals surface area contributed by atoms with Crippen LogP contribution in [0.5, 0.6) is 0 Å². The Balaban J connectivity index is 1.89. The van der Waals surface area contributed by atoms with E-state index in [0.717, 1.165) is 19.3 Å². The minimum absolute atomic E-state index is 0.0998. The number of piperazine rings is 1. The van der Waals surface area contributed by atoms with E-state index < -0.39 is 0 Å². The Kier molecular flexibility index (Phi) is 4.22. The number of rotatable bonds is 2. The van der Waals surface area contributed by atoms with Crippen LogP contribution in [0.15, 0.2) is 0 Å². The van der Waals surface area contributed by atoms with Crippen molar-refractivity contribution in [2.75, 3.05) is 32.7 Å². The van der Waals surface area contributed by atoms with Crippen LogP contribution in [0.2, 0.25) is 0 Å². The van der Waals surface area contributed by atoms with E-state index in [1.54, 1.807) is 11.8 Å². The normalized spacial score (nSPS) is 28.6. The van der Waals surface area contributed by atoms with Crippen molar-refractivity contribution in [2.24, 2.45) is 17.6 Å². The molecular weight excluding hydrogens is 230 g/mol. The summed E-state index contributed by atoms with van der Waals surface area (Å²) in [5.74, 6) is 0.844. The summed E-state index contributed by atoms with van der Waals surface area (Å²) >= 11 is 0. The number of hydrogen-bond acceptors (Lipinski definition) is 3. The van der Waals surface area contributed by atoms with Crippen molar-refractivity contribution in [3.8, 4) is 0 Å². The molecule has 0 aromatic rings. The van der Waals surface area contributed by atoms with E-state index in [-0.39, 0.29) is 17.7 Å². The zero-order valence-corrected chi connectivity index (χ0v) is 11.1. The molecule has 2 N–H and O–H groups in total. The molecule has 2 amide bonds. The maximum atomic E-state index is 12.4. The lowest BCUT2D eigenvalue weighted by Crippen LogP contribution is -2.52. The molecule has 0 bridgehead atoms. The van der Waals surface area contributed by atoms with E-state index in [1.165, 1.54) is 0 Å². The second-order valence-corrected chi connectivity index (χ2v) is 5.36. The summed E-state index contributed by atoms with van der Waals surface area (Å²) < 4.78 is 0. The van der Waals surface area contributed by atoms with Crippen LogP contribution in [0.25, 0.3) is 0 Å². The number of carbonyl (C=O) groups is 2. The van der Waals surface area contributed by atoms with Crippen molar-refractivity contribution >= 4 is 11.8 Å². The van der Waals surface area contributed by atoms with Crippen LogP contribution in [0.1, 0.15) is 26.2 Å². The summed E-state index contributed by atoms with van der Waals surface area (Å²) in [7, 11) is 0. The van der Waals surface area contributed by atoms with Crippen molar-refractivity contribution in [1.29, 1.82) is 0 Å². The highest BCUT2D eigenvalue weighted by molar-refractivity contribution is 5.80. The van der Waals surface area contributed by atoms with Gasteiger partial charge in [0, 0.05) is 39.0 Å². The Morgan fingerprint density at radius 2 is 1.72 bits per heavy atom. The Labute approximate surface area is 108 Å². The molecule has 2 fully saturated rings. The molecule has 2 rings (SSSR count). The lowest BCUT2D eigenvalue weighted by Gasteiger charge is -2.36. The van der Waals surface area contributed by atoms with E-state index in [9.17, 15) is 9.59 Å². The van der Waals surface area contributed by atoms with Gasteiger partial charge in [-0.1, -0.05) is 6.42 Å². The predicted molar refractivity (Wildman–Crippen MR) is 68.7 cm³/mol. The molecule has 0 radical (unpaired) electrons. The zero-order valence-electron chi connectivity index (χ0n) is 11.1. The lowest BCUT2D eigenvalue weighted by molar-refractivity contribution is -0.142. The fourth-order valence-electron chi connectivity index (χ4n) is 3.12. The molecule has 2 unspecified atom stereocenters. The molecule has 2 atom stereocenters. The quantitative estimate of drug-likeness (QED) is 0.756. The Hall–Kier alpha value is -1.10. The van der Waals surface area contributed by atoms with Crippen molar-refractivity contribution < 1.29 is 9.59 Å². The molecule has 0 spiro atoms. The third kappa shape index (κ3) is 2.66. The van der Waals surface area contributed by atoms with Crippen molar-refractivity contribution in [2.45, 2.75) is 26.2 Å². The number of hydrogen-bond donors (Lipinski definition) is 1. The summed E-state index contributed by atoms with van der Waals surface area (Å²) in [4.78, 5) is 27.4. The molecule has 1 saturated carbocycles. The first-order chi connectivity index (χ1) is 8.63. The minimum atomic E-state index is 0.0998. The first-order valence-electron chi connectivity index (χ1n) is 6.88. The number of carbonyl (C=O) groups excluding carboxylic acids is 2. The molecule has 1 aliphatic carbocycles. The van der Waals surface area contributed by atoms with Crippen LogP contribution >= 0.6 is 0 Å². The fraction of sp³-hybridized carbons (Fsp3) is 0.846. The van der Waals surface area contributed by atoms with Crippen molar-refractivity contribution in [3.63, 3.8) is 0 Å². The summed E-state index contributed by atoms with van der Waals surface area (Å²) in [6.45, 7) is 4.88. The van der Waals surface area contributed by atoms with Gasteiger partial charge in [0.15, 0.2) is 0 Å². The highest BCUT2D eigenvalue weighted by Gasteiger charge is 2.35. The van der Waals surface area contributed by atoms with Gasteiger partial charge in [-0.3, -0.25) is 9.59 Å². The second kappa shape index (κ2) is 5.69. The van der Waals surface area contributed by atoms with Gasteiger partial charge in [-0.15, -0.1) is 0 Å². The largest absolute Gasteiger partial charge is 0.339 e. The minimum Gasteiger partial charge on any atom is -0.339 e. The van der Waals surface area contributed by atoms with Crippen LogP contribution in [0.3, 0.4) is 0 Å². The van der Waals surface area contributed by atoms with Gasteiger partial charge in [-0.05, 0) is 25.3 Å². The standard InChI is InChI=1S/C13H23N3O2/c1-10(17)15-5-7-16(8-6-15)13(18)12-4-2-3-11(12)9-14/h11-12H,2-9,14H2,1H3.